The summed E-state index contributed by atoms with van der Waals surface area (Å²) in [6, 6.07) is -1.05. The summed E-state index contributed by atoms with van der Waals surface area (Å²) in [7, 11) is 0. The highest BCUT2D eigenvalue weighted by molar-refractivity contribution is 5.88. The second-order valence-corrected chi connectivity index (χ2v) is 5.89. The van der Waals surface area contributed by atoms with Gasteiger partial charge in [0.2, 0.25) is 0 Å². The van der Waals surface area contributed by atoms with Crippen LogP contribution in [0.2, 0.25) is 0 Å². The number of amides is 3. The maximum absolute atomic E-state index is 12.3. The summed E-state index contributed by atoms with van der Waals surface area (Å²) in [5.74, 6) is -1.52. The summed E-state index contributed by atoms with van der Waals surface area (Å²) in [4.78, 5) is 46.6. The molecule has 2 unspecified atom stereocenters. The number of hydrogen-bond donors (Lipinski definition) is 3. The Morgan fingerprint density at radius 3 is 2.78 bits per heavy atom. The summed E-state index contributed by atoms with van der Waals surface area (Å²) in [6.45, 7) is 1.12. The van der Waals surface area contributed by atoms with Gasteiger partial charge in [-0.2, -0.15) is 5.06 Å². The van der Waals surface area contributed by atoms with Crippen molar-refractivity contribution in [3.05, 3.63) is 0 Å². The van der Waals surface area contributed by atoms with E-state index in [1.54, 1.807) is 0 Å². The lowest BCUT2D eigenvalue weighted by atomic mass is 10.0. The summed E-state index contributed by atoms with van der Waals surface area (Å²) in [5, 5.41) is 12.9. The van der Waals surface area contributed by atoms with Gasteiger partial charge in [0.05, 0.1) is 12.6 Å². The van der Waals surface area contributed by atoms with E-state index in [-0.39, 0.29) is 18.0 Å². The van der Waals surface area contributed by atoms with Gasteiger partial charge in [0.15, 0.2) is 6.61 Å². The quantitative estimate of drug-likeness (QED) is 0.496. The molecule has 0 aliphatic carbocycles. The zero-order valence-electron chi connectivity index (χ0n) is 12.6. The standard InChI is InChI=1S/C13H20N4O6/c18-11(19)7-23-17-9-1-2-10(16(5-9)13(17)21)12(20)15-22-6-8-3-4-14-8/h8-10,14H,1-7H2,(H,15,20)(H,18,19)/t8-,9?,10?/m1/s1. The molecule has 128 valence electrons. The molecule has 3 atom stereocenters. The van der Waals surface area contributed by atoms with Crippen LogP contribution in [0.4, 0.5) is 4.79 Å². The van der Waals surface area contributed by atoms with Crippen LogP contribution in [0.1, 0.15) is 19.3 Å². The second kappa shape index (κ2) is 6.69. The zero-order chi connectivity index (χ0) is 16.4. The Labute approximate surface area is 132 Å². The zero-order valence-corrected chi connectivity index (χ0v) is 12.6. The lowest BCUT2D eigenvalue weighted by Crippen LogP contribution is -2.51. The number of piperidine rings is 1. The molecule has 0 saturated carbocycles. The molecule has 3 fully saturated rings. The molecular weight excluding hydrogens is 308 g/mol. The van der Waals surface area contributed by atoms with Gasteiger partial charge in [0.1, 0.15) is 6.04 Å². The largest absolute Gasteiger partial charge is 0.479 e. The molecule has 0 aromatic heterocycles. The summed E-state index contributed by atoms with van der Waals surface area (Å²) >= 11 is 0. The maximum atomic E-state index is 12.3. The van der Waals surface area contributed by atoms with Crippen LogP contribution in [0.3, 0.4) is 0 Å². The Kier molecular flexibility index (Phi) is 4.64. The molecule has 3 rings (SSSR count). The van der Waals surface area contributed by atoms with E-state index in [0.29, 0.717) is 26.0 Å². The second-order valence-electron chi connectivity index (χ2n) is 5.89. The van der Waals surface area contributed by atoms with Gasteiger partial charge >= 0.3 is 12.0 Å². The Morgan fingerprint density at radius 2 is 2.13 bits per heavy atom. The number of nitrogens with zero attached hydrogens (tertiary/aromatic N) is 2. The van der Waals surface area contributed by atoms with Crippen LogP contribution in [0.15, 0.2) is 0 Å². The minimum Gasteiger partial charge on any atom is -0.479 e. The average molecular weight is 328 g/mol. The molecule has 0 radical (unpaired) electrons. The van der Waals surface area contributed by atoms with Crippen molar-refractivity contribution in [2.24, 2.45) is 0 Å². The predicted octanol–water partition coefficient (Wildman–Crippen LogP) is -1.32. The molecule has 23 heavy (non-hydrogen) atoms. The summed E-state index contributed by atoms with van der Waals surface area (Å²) < 4.78 is 0. The minimum atomic E-state index is -1.15. The van der Waals surface area contributed by atoms with E-state index in [0.717, 1.165) is 18.0 Å². The SMILES string of the molecule is O=C(O)CON1C(=O)N2CC1CCC2C(=O)NOC[C@H]1CCN1. The van der Waals surface area contributed by atoms with Crippen molar-refractivity contribution in [3.63, 3.8) is 0 Å². The first-order valence-corrected chi connectivity index (χ1v) is 7.66. The highest BCUT2D eigenvalue weighted by Crippen LogP contribution is 2.30. The number of fused-ring (bicyclic) bond motifs is 2. The van der Waals surface area contributed by atoms with Crippen molar-refractivity contribution in [1.82, 2.24) is 20.8 Å². The fourth-order valence-corrected chi connectivity index (χ4v) is 2.97. The van der Waals surface area contributed by atoms with Crippen LogP contribution in [0.25, 0.3) is 0 Å². The number of rotatable bonds is 7. The van der Waals surface area contributed by atoms with E-state index < -0.39 is 24.6 Å². The van der Waals surface area contributed by atoms with E-state index in [2.05, 4.69) is 10.8 Å². The summed E-state index contributed by atoms with van der Waals surface area (Å²) in [6.07, 6.45) is 2.08. The maximum Gasteiger partial charge on any atom is 0.345 e. The normalized spacial score (nSPS) is 29.4. The first-order chi connectivity index (χ1) is 11.1. The smallest absolute Gasteiger partial charge is 0.345 e. The first-order valence-electron chi connectivity index (χ1n) is 7.66. The molecule has 3 heterocycles. The number of carboxylic acids is 1. The van der Waals surface area contributed by atoms with Crippen molar-refractivity contribution < 1.29 is 29.2 Å². The molecule has 3 saturated heterocycles. The van der Waals surface area contributed by atoms with E-state index in [1.165, 1.54) is 4.90 Å². The molecule has 10 nitrogen and oxygen atoms in total. The molecule has 10 heteroatoms. The van der Waals surface area contributed by atoms with Gasteiger partial charge in [-0.25, -0.2) is 15.1 Å². The van der Waals surface area contributed by atoms with Gasteiger partial charge in [0, 0.05) is 12.6 Å². The van der Waals surface area contributed by atoms with Gasteiger partial charge in [-0.1, -0.05) is 0 Å². The summed E-state index contributed by atoms with van der Waals surface area (Å²) in [5.41, 5.74) is 2.39. The third kappa shape index (κ3) is 3.38. The van der Waals surface area contributed by atoms with Crippen molar-refractivity contribution in [1.29, 1.82) is 0 Å². The number of aliphatic carboxylic acids is 1. The Bertz CT molecular complexity index is 497. The van der Waals surface area contributed by atoms with Crippen LogP contribution >= 0.6 is 0 Å². The molecule has 3 aliphatic rings. The fraction of sp³-hybridized carbons (Fsp3) is 0.769. The van der Waals surface area contributed by atoms with Gasteiger partial charge in [-0.15, -0.1) is 0 Å². The van der Waals surface area contributed by atoms with Crippen LogP contribution in [-0.2, 0) is 19.3 Å². The van der Waals surface area contributed by atoms with Crippen LogP contribution < -0.4 is 10.8 Å². The molecule has 3 aliphatic heterocycles. The molecular formula is C13H20N4O6. The number of nitrogens with one attached hydrogen (secondary N) is 2. The van der Waals surface area contributed by atoms with Crippen LogP contribution in [0.5, 0.6) is 0 Å². The Hall–Kier alpha value is -1.91. The van der Waals surface area contributed by atoms with Gasteiger partial charge in [-0.05, 0) is 25.8 Å². The fourth-order valence-electron chi connectivity index (χ4n) is 2.97. The molecule has 0 spiro atoms. The Balaban J connectivity index is 1.50. The number of urea groups is 1. The lowest BCUT2D eigenvalue weighted by molar-refractivity contribution is -0.167. The Morgan fingerprint density at radius 1 is 1.35 bits per heavy atom. The van der Waals surface area contributed by atoms with E-state index in [4.69, 9.17) is 14.8 Å². The molecule has 0 aromatic rings. The average Bonchev–Trinajstić information content (AvgIpc) is 2.71. The third-order valence-electron chi connectivity index (χ3n) is 4.34. The van der Waals surface area contributed by atoms with Gasteiger partial charge < -0.3 is 15.3 Å². The lowest BCUT2D eigenvalue weighted by Gasteiger charge is -2.30. The number of carbonyl (C=O) groups is 3. The minimum absolute atomic E-state index is 0.217. The highest BCUT2D eigenvalue weighted by atomic mass is 16.7. The number of hydroxylamine groups is 3. The van der Waals surface area contributed by atoms with E-state index >= 15 is 0 Å². The first kappa shape index (κ1) is 16.0. The molecule has 3 N–H and O–H groups in total. The number of carbonyl (C=O) groups excluding carboxylic acids is 2. The van der Waals surface area contributed by atoms with Crippen molar-refractivity contribution in [3.8, 4) is 0 Å². The van der Waals surface area contributed by atoms with Crippen molar-refractivity contribution in [2.45, 2.75) is 37.4 Å². The van der Waals surface area contributed by atoms with E-state index in [9.17, 15) is 14.4 Å². The van der Waals surface area contributed by atoms with Crippen molar-refractivity contribution >= 4 is 17.9 Å². The van der Waals surface area contributed by atoms with Crippen molar-refractivity contribution in [2.75, 3.05) is 26.3 Å². The molecule has 0 aromatic carbocycles. The monoisotopic (exact) mass is 328 g/mol. The highest BCUT2D eigenvalue weighted by Gasteiger charge is 2.48. The third-order valence-corrected chi connectivity index (χ3v) is 4.34. The number of carboxylic acid groups (broad SMARTS) is 1. The van der Waals surface area contributed by atoms with E-state index in [1.807, 2.05) is 0 Å². The number of hydrogen-bond acceptors (Lipinski definition) is 6. The van der Waals surface area contributed by atoms with Gasteiger partial charge in [-0.3, -0.25) is 14.5 Å². The predicted molar refractivity (Wildman–Crippen MR) is 74.8 cm³/mol. The van der Waals surface area contributed by atoms with Crippen LogP contribution in [-0.4, -0.2) is 77.4 Å². The molecule has 2 bridgehead atoms. The van der Waals surface area contributed by atoms with Crippen LogP contribution in [0, 0.1) is 0 Å². The molecule has 3 amide bonds. The van der Waals surface area contributed by atoms with Gasteiger partial charge in [0.25, 0.3) is 5.91 Å². The topological polar surface area (TPSA) is 120 Å².